The van der Waals surface area contributed by atoms with E-state index in [0.717, 1.165) is 0 Å². The Labute approximate surface area is 255 Å². The number of hydrogen-bond acceptors (Lipinski definition) is 11. The smallest absolute Gasteiger partial charge is 0.326 e. The van der Waals surface area contributed by atoms with Crippen molar-refractivity contribution in [3.8, 4) is 0 Å². The van der Waals surface area contributed by atoms with Crippen molar-refractivity contribution in [2.24, 2.45) is 23.3 Å². The van der Waals surface area contributed by atoms with Crippen LogP contribution in [0.4, 0.5) is 0 Å². The number of carbonyl (C=O) groups excluding carboxylic acids is 6. The van der Waals surface area contributed by atoms with Crippen LogP contribution in [-0.4, -0.2) is 118 Å². The van der Waals surface area contributed by atoms with Crippen LogP contribution in [0, 0.1) is 11.8 Å². The van der Waals surface area contributed by atoms with E-state index in [4.69, 9.17) is 11.5 Å². The number of aliphatic hydroxyl groups excluding tert-OH is 3. The zero-order valence-electron chi connectivity index (χ0n) is 25.4. The molecule has 13 N–H and O–H groups in total. The van der Waals surface area contributed by atoms with E-state index in [1.807, 2.05) is 13.8 Å². The molecule has 0 aromatic rings. The quantitative estimate of drug-likeness (QED) is 0.0567. The van der Waals surface area contributed by atoms with Crippen molar-refractivity contribution in [1.29, 1.82) is 0 Å². The number of carboxylic acid groups (broad SMARTS) is 1. The first-order valence-corrected chi connectivity index (χ1v) is 14.1. The standard InChI is InChI=1S/C26H47N7O11/c1-12(2)7-14(27)21(38)31-17(9-34)24(41)30-16(8-13(3)4)22(39)32-19(11-36)25(42)33-18(10-35)23(40)29-15(26(43)44)5-6-20(28)37/h12-19,34-36H,5-11,27H2,1-4H3,(H2,28,37)(H,29,40)(H,30,41)(H,31,38)(H,32,39)(H,33,42)(H,43,44)/t14-,15-,16-,17-,18-,19-/m0/s1. The van der Waals surface area contributed by atoms with E-state index >= 15 is 0 Å². The van der Waals surface area contributed by atoms with Gasteiger partial charge in [-0.05, 0) is 31.1 Å². The van der Waals surface area contributed by atoms with Gasteiger partial charge in [0.1, 0.15) is 30.2 Å². The number of rotatable bonds is 21. The van der Waals surface area contributed by atoms with Crippen LogP contribution in [0.3, 0.4) is 0 Å². The van der Waals surface area contributed by atoms with Gasteiger partial charge in [-0.1, -0.05) is 27.7 Å². The lowest BCUT2D eigenvalue weighted by Crippen LogP contribution is -2.61. The monoisotopic (exact) mass is 633 g/mol. The molecule has 0 aromatic carbocycles. The summed E-state index contributed by atoms with van der Waals surface area (Å²) in [6.45, 7) is 4.39. The molecule has 0 rings (SSSR count). The van der Waals surface area contributed by atoms with Gasteiger partial charge in [0.05, 0.1) is 25.9 Å². The van der Waals surface area contributed by atoms with Gasteiger partial charge in [0, 0.05) is 6.42 Å². The van der Waals surface area contributed by atoms with E-state index in [2.05, 4.69) is 26.6 Å². The van der Waals surface area contributed by atoms with Crippen LogP contribution in [0.1, 0.15) is 53.4 Å². The van der Waals surface area contributed by atoms with Crippen LogP contribution in [0.25, 0.3) is 0 Å². The fourth-order valence-corrected chi connectivity index (χ4v) is 3.81. The second kappa shape index (κ2) is 20.2. The number of aliphatic carboxylic acids is 1. The second-order valence-corrected chi connectivity index (χ2v) is 11.1. The van der Waals surface area contributed by atoms with Crippen molar-refractivity contribution in [2.45, 2.75) is 89.6 Å². The van der Waals surface area contributed by atoms with Crippen LogP contribution in [0.2, 0.25) is 0 Å². The van der Waals surface area contributed by atoms with E-state index in [9.17, 15) is 54.0 Å². The lowest BCUT2D eigenvalue weighted by Gasteiger charge is -2.26. The third-order valence-electron chi connectivity index (χ3n) is 6.14. The average Bonchev–Trinajstić information content (AvgIpc) is 2.93. The minimum atomic E-state index is -1.70. The summed E-state index contributed by atoms with van der Waals surface area (Å²) in [6.07, 6.45) is -0.355. The minimum absolute atomic E-state index is 0.0415. The predicted molar refractivity (Wildman–Crippen MR) is 154 cm³/mol. The minimum Gasteiger partial charge on any atom is -0.480 e. The highest BCUT2D eigenvalue weighted by molar-refractivity contribution is 5.96. The lowest BCUT2D eigenvalue weighted by molar-refractivity contribution is -0.143. The SMILES string of the molecule is CC(C)C[C@H](NC(=O)[C@H](CO)NC(=O)[C@@H](N)CC(C)C)C(=O)N[C@@H](CO)C(=O)N[C@@H](CO)C(=O)N[C@@H](CCC(N)=O)C(=O)O. The molecule has 0 aliphatic carbocycles. The van der Waals surface area contributed by atoms with Crippen molar-refractivity contribution in [2.75, 3.05) is 19.8 Å². The van der Waals surface area contributed by atoms with Crippen LogP contribution >= 0.6 is 0 Å². The molecule has 0 radical (unpaired) electrons. The van der Waals surface area contributed by atoms with Crippen LogP contribution in [0.5, 0.6) is 0 Å². The maximum absolute atomic E-state index is 13.1. The molecule has 0 saturated heterocycles. The number of nitrogens with two attached hydrogens (primary N) is 2. The topological polar surface area (TPSA) is 313 Å². The first kappa shape index (κ1) is 40.1. The zero-order chi connectivity index (χ0) is 34.1. The molecule has 18 heteroatoms. The molecule has 18 nitrogen and oxygen atoms in total. The van der Waals surface area contributed by atoms with Gasteiger partial charge in [-0.25, -0.2) is 4.79 Å². The highest BCUT2D eigenvalue weighted by Gasteiger charge is 2.32. The Morgan fingerprint density at radius 1 is 0.568 bits per heavy atom. The highest BCUT2D eigenvalue weighted by atomic mass is 16.4. The van der Waals surface area contributed by atoms with Gasteiger partial charge in [0.25, 0.3) is 0 Å². The summed E-state index contributed by atoms with van der Waals surface area (Å²) >= 11 is 0. The van der Waals surface area contributed by atoms with Crippen molar-refractivity contribution in [1.82, 2.24) is 26.6 Å². The summed E-state index contributed by atoms with van der Waals surface area (Å²) in [7, 11) is 0. The Balaban J connectivity index is 5.54. The molecule has 0 aromatic heterocycles. The van der Waals surface area contributed by atoms with Crippen LogP contribution in [0.15, 0.2) is 0 Å². The fourth-order valence-electron chi connectivity index (χ4n) is 3.81. The summed E-state index contributed by atoms with van der Waals surface area (Å²) in [5.74, 6) is -7.17. The molecular formula is C26H47N7O11. The van der Waals surface area contributed by atoms with Crippen molar-refractivity contribution < 1.29 is 54.0 Å². The summed E-state index contributed by atoms with van der Waals surface area (Å²) in [6, 6.07) is -8.62. The summed E-state index contributed by atoms with van der Waals surface area (Å²) in [5, 5.41) is 49.4. The molecule has 0 spiro atoms. The Bertz CT molecular complexity index is 1010. The first-order valence-electron chi connectivity index (χ1n) is 14.1. The Hall–Kier alpha value is -3.87. The molecule has 6 amide bonds. The van der Waals surface area contributed by atoms with E-state index in [-0.39, 0.29) is 31.1 Å². The molecule has 0 aliphatic heterocycles. The Morgan fingerprint density at radius 3 is 1.25 bits per heavy atom. The lowest BCUT2D eigenvalue weighted by atomic mass is 10.0. The van der Waals surface area contributed by atoms with Crippen molar-refractivity contribution in [3.63, 3.8) is 0 Å². The number of primary amides is 1. The predicted octanol–water partition coefficient (Wildman–Crippen LogP) is -4.84. The average molecular weight is 634 g/mol. The third kappa shape index (κ3) is 15.0. The van der Waals surface area contributed by atoms with E-state index in [0.29, 0.717) is 6.42 Å². The van der Waals surface area contributed by atoms with E-state index < -0.39 is 97.5 Å². The Kier molecular flexibility index (Phi) is 18.4. The van der Waals surface area contributed by atoms with Gasteiger partial charge < -0.3 is 58.5 Å². The second-order valence-electron chi connectivity index (χ2n) is 11.1. The molecule has 0 bridgehead atoms. The van der Waals surface area contributed by atoms with E-state index in [1.54, 1.807) is 13.8 Å². The molecule has 6 atom stereocenters. The largest absolute Gasteiger partial charge is 0.480 e. The van der Waals surface area contributed by atoms with Gasteiger partial charge in [0.15, 0.2) is 0 Å². The van der Waals surface area contributed by atoms with Crippen molar-refractivity contribution >= 4 is 41.4 Å². The number of carboxylic acids is 1. The van der Waals surface area contributed by atoms with Gasteiger partial charge in [-0.3, -0.25) is 28.8 Å². The molecule has 0 heterocycles. The van der Waals surface area contributed by atoms with Gasteiger partial charge >= 0.3 is 5.97 Å². The fraction of sp³-hybridized carbons (Fsp3) is 0.731. The molecular weight excluding hydrogens is 586 g/mol. The number of aliphatic hydroxyl groups is 3. The summed E-state index contributed by atoms with van der Waals surface area (Å²) in [5.41, 5.74) is 10.8. The maximum Gasteiger partial charge on any atom is 0.326 e. The number of carbonyl (C=O) groups is 7. The van der Waals surface area contributed by atoms with Crippen LogP contribution in [-0.2, 0) is 33.6 Å². The molecule has 0 saturated carbocycles. The molecule has 0 fully saturated rings. The Morgan fingerprint density at radius 2 is 0.909 bits per heavy atom. The number of amides is 6. The molecule has 0 aliphatic rings. The normalized spacial score (nSPS) is 15.2. The molecule has 44 heavy (non-hydrogen) atoms. The van der Waals surface area contributed by atoms with Crippen molar-refractivity contribution in [3.05, 3.63) is 0 Å². The van der Waals surface area contributed by atoms with E-state index in [1.165, 1.54) is 0 Å². The number of nitrogens with one attached hydrogen (secondary N) is 5. The highest BCUT2D eigenvalue weighted by Crippen LogP contribution is 2.07. The van der Waals surface area contributed by atoms with Gasteiger partial charge in [-0.15, -0.1) is 0 Å². The van der Waals surface area contributed by atoms with Crippen LogP contribution < -0.4 is 38.1 Å². The summed E-state index contributed by atoms with van der Waals surface area (Å²) < 4.78 is 0. The van der Waals surface area contributed by atoms with Gasteiger partial charge in [-0.2, -0.15) is 0 Å². The molecule has 252 valence electrons. The zero-order valence-corrected chi connectivity index (χ0v) is 25.4. The first-order chi connectivity index (χ1) is 20.5. The maximum atomic E-state index is 13.1. The number of hydrogen-bond donors (Lipinski definition) is 11. The third-order valence-corrected chi connectivity index (χ3v) is 6.14. The summed E-state index contributed by atoms with van der Waals surface area (Å²) in [4.78, 5) is 85.9. The van der Waals surface area contributed by atoms with Gasteiger partial charge in [0.2, 0.25) is 35.4 Å². The molecule has 0 unspecified atom stereocenters.